The zero-order chi connectivity index (χ0) is 25.7. The molecule has 0 amide bonds. The molecule has 0 heteroatoms. The average molecular weight is 487 g/mol. The summed E-state index contributed by atoms with van der Waals surface area (Å²) in [6, 6.07) is 0. The third-order valence-electron chi connectivity index (χ3n) is 11.2. The van der Waals surface area contributed by atoms with Crippen molar-refractivity contribution in [1.82, 2.24) is 0 Å². The van der Waals surface area contributed by atoms with Gasteiger partial charge in [-0.05, 0) is 107 Å². The van der Waals surface area contributed by atoms with Gasteiger partial charge in [-0.25, -0.2) is 0 Å². The fourth-order valence-corrected chi connectivity index (χ4v) is 9.35. The Bertz CT molecular complexity index is 880. The van der Waals surface area contributed by atoms with E-state index in [1.54, 1.807) is 11.1 Å². The molecule has 6 atom stereocenters. The molecule has 36 heavy (non-hydrogen) atoms. The molecule has 5 rings (SSSR count). The highest BCUT2D eigenvalue weighted by Crippen LogP contribution is 2.66. The molecule has 0 aromatic heterocycles. The van der Waals surface area contributed by atoms with Crippen LogP contribution in [0.1, 0.15) is 106 Å². The summed E-state index contributed by atoms with van der Waals surface area (Å²) in [6.07, 6.45) is 32.4. The Kier molecular flexibility index (Phi) is 7.15. The first-order valence-corrected chi connectivity index (χ1v) is 15.5. The summed E-state index contributed by atoms with van der Waals surface area (Å²) in [7, 11) is 0. The Morgan fingerprint density at radius 3 is 1.86 bits per heavy atom. The van der Waals surface area contributed by atoms with Crippen LogP contribution in [-0.4, -0.2) is 0 Å². The van der Waals surface area contributed by atoms with Crippen LogP contribution in [0.3, 0.4) is 0 Å². The Balaban J connectivity index is 1.59. The summed E-state index contributed by atoms with van der Waals surface area (Å²) in [5.41, 5.74) is 4.14. The fourth-order valence-electron chi connectivity index (χ4n) is 9.35. The van der Waals surface area contributed by atoms with Crippen LogP contribution >= 0.6 is 0 Å². The van der Waals surface area contributed by atoms with E-state index in [1.807, 2.05) is 0 Å². The summed E-state index contributed by atoms with van der Waals surface area (Å²) < 4.78 is 0. The van der Waals surface area contributed by atoms with E-state index in [4.69, 9.17) is 0 Å². The van der Waals surface area contributed by atoms with Crippen molar-refractivity contribution in [3.63, 3.8) is 0 Å². The predicted molar refractivity (Wildman–Crippen MR) is 157 cm³/mol. The maximum absolute atomic E-state index is 4.03. The number of allylic oxidation sites excluding steroid dienone is 9. The first kappa shape index (κ1) is 26.3. The molecular formula is C36H54. The maximum atomic E-state index is 4.03. The van der Waals surface area contributed by atoms with Gasteiger partial charge < -0.3 is 0 Å². The SMILES string of the molecule is C=CCCC1CCC(C2(C3C4C=C(C(C)(C)C)C=CC4C4C=CC(C(C)(C)C)=CC43)CCCCC2)C1. The van der Waals surface area contributed by atoms with Gasteiger partial charge in [-0.3, -0.25) is 0 Å². The van der Waals surface area contributed by atoms with Crippen LogP contribution in [0, 0.1) is 57.7 Å². The van der Waals surface area contributed by atoms with Gasteiger partial charge in [0.1, 0.15) is 0 Å². The third kappa shape index (κ3) is 4.69. The second-order valence-corrected chi connectivity index (χ2v) is 15.3. The third-order valence-corrected chi connectivity index (χ3v) is 11.2. The van der Waals surface area contributed by atoms with E-state index in [2.05, 4.69) is 90.7 Å². The van der Waals surface area contributed by atoms with Gasteiger partial charge in [-0.1, -0.05) is 110 Å². The lowest BCUT2D eigenvalue weighted by Crippen LogP contribution is -2.44. The van der Waals surface area contributed by atoms with Crippen molar-refractivity contribution in [1.29, 1.82) is 0 Å². The van der Waals surface area contributed by atoms with E-state index < -0.39 is 0 Å². The zero-order valence-corrected chi connectivity index (χ0v) is 24.4. The molecule has 0 aromatic carbocycles. The van der Waals surface area contributed by atoms with E-state index in [0.29, 0.717) is 29.1 Å². The largest absolute Gasteiger partial charge is 0.103 e. The molecular weight excluding hydrogens is 432 g/mol. The molecule has 3 fully saturated rings. The fraction of sp³-hybridized carbons (Fsp3) is 0.722. The minimum Gasteiger partial charge on any atom is -0.103 e. The lowest BCUT2D eigenvalue weighted by molar-refractivity contribution is -0.00545. The average Bonchev–Trinajstić information content (AvgIpc) is 3.44. The molecule has 198 valence electrons. The quantitative estimate of drug-likeness (QED) is 0.339. The molecule has 5 aliphatic rings. The summed E-state index contributed by atoms with van der Waals surface area (Å²) in [4.78, 5) is 0. The van der Waals surface area contributed by atoms with Crippen molar-refractivity contribution >= 4 is 0 Å². The summed E-state index contributed by atoms with van der Waals surface area (Å²) in [6.45, 7) is 18.5. The number of fused-ring (bicyclic) bond motifs is 3. The van der Waals surface area contributed by atoms with Gasteiger partial charge in [0.2, 0.25) is 0 Å². The van der Waals surface area contributed by atoms with Crippen molar-refractivity contribution in [2.45, 2.75) is 106 Å². The smallest absolute Gasteiger partial charge is 0.00952 e. The number of hydrogen-bond acceptors (Lipinski definition) is 0. The Hall–Kier alpha value is -1.30. The van der Waals surface area contributed by atoms with Crippen molar-refractivity contribution in [2.75, 3.05) is 0 Å². The Labute approximate surface area is 223 Å². The second-order valence-electron chi connectivity index (χ2n) is 15.3. The minimum absolute atomic E-state index is 0.227. The van der Waals surface area contributed by atoms with Crippen LogP contribution in [-0.2, 0) is 0 Å². The van der Waals surface area contributed by atoms with Gasteiger partial charge in [0.25, 0.3) is 0 Å². The molecule has 3 saturated carbocycles. The van der Waals surface area contributed by atoms with E-state index in [9.17, 15) is 0 Å². The Morgan fingerprint density at radius 1 is 0.806 bits per heavy atom. The van der Waals surface area contributed by atoms with Crippen LogP contribution in [0.2, 0.25) is 0 Å². The molecule has 0 aliphatic heterocycles. The molecule has 0 bridgehead atoms. The summed E-state index contributed by atoms with van der Waals surface area (Å²) in [5, 5.41) is 0. The van der Waals surface area contributed by atoms with Crippen LogP contribution in [0.25, 0.3) is 0 Å². The molecule has 0 saturated heterocycles. The monoisotopic (exact) mass is 486 g/mol. The molecule has 6 unspecified atom stereocenters. The van der Waals surface area contributed by atoms with E-state index in [1.165, 1.54) is 64.2 Å². The van der Waals surface area contributed by atoms with Gasteiger partial charge in [0.15, 0.2) is 0 Å². The molecule has 0 N–H and O–H groups in total. The molecule has 0 nitrogen and oxygen atoms in total. The molecule has 0 spiro atoms. The molecule has 5 aliphatic carbocycles. The minimum atomic E-state index is 0.227. The number of rotatable bonds is 5. The van der Waals surface area contributed by atoms with Crippen molar-refractivity contribution < 1.29 is 0 Å². The zero-order valence-electron chi connectivity index (χ0n) is 24.4. The van der Waals surface area contributed by atoms with E-state index in [0.717, 1.165) is 17.8 Å². The summed E-state index contributed by atoms with van der Waals surface area (Å²) in [5.74, 6) is 5.40. The lowest BCUT2D eigenvalue weighted by Gasteiger charge is -2.51. The normalized spacial score (nSPS) is 37.8. The van der Waals surface area contributed by atoms with Crippen LogP contribution in [0.4, 0.5) is 0 Å². The molecule has 0 radical (unpaired) electrons. The standard InChI is InChI=1S/C36H54/c1-8-9-13-25-14-15-28(22-25)36(20-11-10-12-21-36)33-31-23-26(34(2,3)4)16-18-29(31)30-19-17-27(24-32(30)33)35(5,6)7/h8,16-19,23-25,28-33H,1,9-15,20-22H2,2-7H3. The second kappa shape index (κ2) is 9.78. The van der Waals surface area contributed by atoms with E-state index >= 15 is 0 Å². The van der Waals surface area contributed by atoms with Gasteiger partial charge in [0, 0.05) is 0 Å². The number of hydrogen-bond donors (Lipinski definition) is 0. The molecule has 0 heterocycles. The van der Waals surface area contributed by atoms with Crippen molar-refractivity contribution in [3.05, 3.63) is 60.3 Å². The van der Waals surface area contributed by atoms with Gasteiger partial charge in [0.05, 0.1) is 0 Å². The summed E-state index contributed by atoms with van der Waals surface area (Å²) >= 11 is 0. The van der Waals surface area contributed by atoms with Gasteiger partial charge >= 0.3 is 0 Å². The lowest BCUT2D eigenvalue weighted by atomic mass is 9.53. The Morgan fingerprint density at radius 2 is 1.36 bits per heavy atom. The van der Waals surface area contributed by atoms with Crippen molar-refractivity contribution in [2.24, 2.45) is 57.7 Å². The van der Waals surface area contributed by atoms with Crippen LogP contribution < -0.4 is 0 Å². The van der Waals surface area contributed by atoms with Crippen LogP contribution in [0.5, 0.6) is 0 Å². The van der Waals surface area contributed by atoms with Crippen molar-refractivity contribution in [3.8, 4) is 0 Å². The highest BCUT2D eigenvalue weighted by molar-refractivity contribution is 5.39. The topological polar surface area (TPSA) is 0 Å². The van der Waals surface area contributed by atoms with Gasteiger partial charge in [-0.15, -0.1) is 6.58 Å². The van der Waals surface area contributed by atoms with Gasteiger partial charge in [-0.2, -0.15) is 0 Å². The maximum Gasteiger partial charge on any atom is -0.00952 e. The first-order valence-electron chi connectivity index (χ1n) is 15.5. The predicted octanol–water partition coefficient (Wildman–Crippen LogP) is 10.5. The highest BCUT2D eigenvalue weighted by Gasteiger charge is 2.59. The van der Waals surface area contributed by atoms with Crippen LogP contribution in [0.15, 0.2) is 60.3 Å². The molecule has 0 aromatic rings. The first-order chi connectivity index (χ1) is 17.0. The highest BCUT2D eigenvalue weighted by atomic mass is 14.6. The van der Waals surface area contributed by atoms with E-state index in [-0.39, 0.29) is 10.8 Å².